The van der Waals surface area contributed by atoms with E-state index in [-0.39, 0.29) is 24.2 Å². The first kappa shape index (κ1) is 22.3. The van der Waals surface area contributed by atoms with Gasteiger partial charge in [-0.15, -0.1) is 0 Å². The van der Waals surface area contributed by atoms with Crippen LogP contribution in [-0.4, -0.2) is 42.9 Å². The van der Waals surface area contributed by atoms with Crippen molar-refractivity contribution < 1.29 is 9.18 Å². The fourth-order valence-electron chi connectivity index (χ4n) is 3.63. The number of rotatable bonds is 8. The van der Waals surface area contributed by atoms with Gasteiger partial charge in [0.1, 0.15) is 5.82 Å². The van der Waals surface area contributed by atoms with Crippen molar-refractivity contribution in [2.24, 2.45) is 10.9 Å². The Morgan fingerprint density at radius 1 is 1.26 bits per heavy atom. The summed E-state index contributed by atoms with van der Waals surface area (Å²) < 4.78 is 14.0. The molecule has 1 heterocycles. The molecule has 1 aliphatic heterocycles. The molecular formula is C24H28FN5O. The van der Waals surface area contributed by atoms with Crippen LogP contribution >= 0.6 is 0 Å². The van der Waals surface area contributed by atoms with Crippen LogP contribution in [-0.2, 0) is 17.8 Å². The quantitative estimate of drug-likeness (QED) is 0.507. The van der Waals surface area contributed by atoms with Crippen molar-refractivity contribution in [3.8, 4) is 6.07 Å². The van der Waals surface area contributed by atoms with Crippen molar-refractivity contribution in [2.75, 3.05) is 26.2 Å². The number of nitrogens with one attached hydrogen (secondary N) is 2. The third-order valence-corrected chi connectivity index (χ3v) is 5.29. The number of halogens is 1. The molecule has 162 valence electrons. The number of benzene rings is 2. The lowest BCUT2D eigenvalue weighted by Crippen LogP contribution is -2.40. The number of nitriles is 1. The van der Waals surface area contributed by atoms with Gasteiger partial charge in [0.15, 0.2) is 5.96 Å². The minimum atomic E-state index is -0.381. The van der Waals surface area contributed by atoms with Gasteiger partial charge in [-0.1, -0.05) is 30.3 Å². The topological polar surface area (TPSA) is 80.5 Å². The summed E-state index contributed by atoms with van der Waals surface area (Å²) in [6.07, 6.45) is 1.37. The SMILES string of the molecule is CCNC(=NCc1cc(C#N)ccc1F)NCC1CC(=O)N(CCc2ccccc2)C1. The maximum atomic E-state index is 14.0. The molecule has 7 heteroatoms. The number of hydrogen-bond donors (Lipinski definition) is 2. The van der Waals surface area contributed by atoms with Crippen LogP contribution < -0.4 is 10.6 Å². The number of likely N-dealkylation sites (tertiary alicyclic amines) is 1. The summed E-state index contributed by atoms with van der Waals surface area (Å²) >= 11 is 0. The summed E-state index contributed by atoms with van der Waals surface area (Å²) in [4.78, 5) is 18.7. The van der Waals surface area contributed by atoms with E-state index in [2.05, 4.69) is 27.8 Å². The summed E-state index contributed by atoms with van der Waals surface area (Å²) in [7, 11) is 0. The van der Waals surface area contributed by atoms with Gasteiger partial charge in [0.2, 0.25) is 5.91 Å². The molecule has 2 aromatic carbocycles. The van der Waals surface area contributed by atoms with Gasteiger partial charge in [-0.05, 0) is 37.1 Å². The molecule has 2 aromatic rings. The lowest BCUT2D eigenvalue weighted by Gasteiger charge is -2.18. The highest BCUT2D eigenvalue weighted by Crippen LogP contribution is 2.18. The first-order chi connectivity index (χ1) is 15.1. The van der Waals surface area contributed by atoms with E-state index in [1.807, 2.05) is 36.1 Å². The Kier molecular flexibility index (Phi) is 7.99. The Labute approximate surface area is 182 Å². The molecule has 1 unspecified atom stereocenters. The molecule has 1 saturated heterocycles. The van der Waals surface area contributed by atoms with E-state index in [9.17, 15) is 9.18 Å². The van der Waals surface area contributed by atoms with Crippen molar-refractivity contribution in [3.05, 3.63) is 71.0 Å². The fourth-order valence-corrected chi connectivity index (χ4v) is 3.63. The van der Waals surface area contributed by atoms with Gasteiger partial charge in [0.25, 0.3) is 0 Å². The summed E-state index contributed by atoms with van der Waals surface area (Å²) in [5, 5.41) is 15.4. The van der Waals surface area contributed by atoms with E-state index in [4.69, 9.17) is 5.26 Å². The molecule has 0 radical (unpaired) electrons. The van der Waals surface area contributed by atoms with Crippen LogP contribution in [0.25, 0.3) is 0 Å². The Balaban J connectivity index is 1.52. The molecule has 1 aliphatic rings. The molecule has 0 spiro atoms. The first-order valence-corrected chi connectivity index (χ1v) is 10.6. The van der Waals surface area contributed by atoms with E-state index in [1.165, 1.54) is 23.8 Å². The first-order valence-electron chi connectivity index (χ1n) is 10.6. The van der Waals surface area contributed by atoms with Crippen LogP contribution in [0.15, 0.2) is 53.5 Å². The second kappa shape index (κ2) is 11.1. The van der Waals surface area contributed by atoms with Gasteiger partial charge < -0.3 is 15.5 Å². The molecule has 1 amide bonds. The Bertz CT molecular complexity index is 954. The Morgan fingerprint density at radius 2 is 2.06 bits per heavy atom. The van der Waals surface area contributed by atoms with Crippen molar-refractivity contribution in [1.29, 1.82) is 5.26 Å². The zero-order chi connectivity index (χ0) is 22.1. The van der Waals surface area contributed by atoms with E-state index >= 15 is 0 Å². The maximum absolute atomic E-state index is 14.0. The molecule has 0 aliphatic carbocycles. The van der Waals surface area contributed by atoms with E-state index < -0.39 is 0 Å². The molecule has 2 N–H and O–H groups in total. The zero-order valence-corrected chi connectivity index (χ0v) is 17.8. The van der Waals surface area contributed by atoms with Gasteiger partial charge in [0.05, 0.1) is 18.2 Å². The second-order valence-electron chi connectivity index (χ2n) is 7.64. The van der Waals surface area contributed by atoms with Crippen molar-refractivity contribution in [1.82, 2.24) is 15.5 Å². The maximum Gasteiger partial charge on any atom is 0.223 e. The van der Waals surface area contributed by atoms with Gasteiger partial charge in [-0.25, -0.2) is 9.38 Å². The van der Waals surface area contributed by atoms with Gasteiger partial charge in [-0.3, -0.25) is 4.79 Å². The Hall–Kier alpha value is -3.40. The third-order valence-electron chi connectivity index (χ3n) is 5.29. The van der Waals surface area contributed by atoms with Crippen LogP contribution in [0.4, 0.5) is 4.39 Å². The highest BCUT2D eigenvalue weighted by molar-refractivity contribution is 5.81. The second-order valence-corrected chi connectivity index (χ2v) is 7.64. The fraction of sp³-hybridized carbons (Fsp3) is 0.375. The van der Waals surface area contributed by atoms with Crippen LogP contribution in [0, 0.1) is 23.1 Å². The number of amides is 1. The standard InChI is InChI=1S/C24H28FN5O/c1-2-27-24(29-16-21-12-19(14-26)8-9-22(21)25)28-15-20-13-23(31)30(17-20)11-10-18-6-4-3-5-7-18/h3-9,12,20H,2,10-11,13,15-17H2,1H3,(H2,27,28,29). The number of aliphatic imine (C=N–C) groups is 1. The average molecular weight is 422 g/mol. The lowest BCUT2D eigenvalue weighted by atomic mass is 10.1. The van der Waals surface area contributed by atoms with Crippen LogP contribution in [0.3, 0.4) is 0 Å². The summed E-state index contributed by atoms with van der Waals surface area (Å²) in [6, 6.07) is 16.4. The van der Waals surface area contributed by atoms with Crippen LogP contribution in [0.5, 0.6) is 0 Å². The molecular weight excluding hydrogens is 393 g/mol. The summed E-state index contributed by atoms with van der Waals surface area (Å²) in [6.45, 7) is 4.81. The Morgan fingerprint density at radius 3 is 2.81 bits per heavy atom. The predicted octanol–water partition coefficient (Wildman–Crippen LogP) is 2.84. The van der Waals surface area contributed by atoms with E-state index in [0.29, 0.717) is 36.6 Å². The zero-order valence-electron chi connectivity index (χ0n) is 17.8. The molecule has 1 atom stereocenters. The number of carbonyl (C=O) groups excluding carboxylic acids is 1. The third kappa shape index (κ3) is 6.54. The van der Waals surface area contributed by atoms with Crippen molar-refractivity contribution in [3.63, 3.8) is 0 Å². The van der Waals surface area contributed by atoms with Gasteiger partial charge >= 0.3 is 0 Å². The average Bonchev–Trinajstić information content (AvgIpc) is 3.15. The normalized spacial score (nSPS) is 16.3. The van der Waals surface area contributed by atoms with Gasteiger partial charge in [0, 0.05) is 44.1 Å². The molecule has 3 rings (SSSR count). The molecule has 0 bridgehead atoms. The number of carbonyl (C=O) groups is 1. The van der Waals surface area contributed by atoms with E-state index in [0.717, 1.165) is 19.5 Å². The lowest BCUT2D eigenvalue weighted by molar-refractivity contribution is -0.127. The molecule has 6 nitrogen and oxygen atoms in total. The molecule has 1 fully saturated rings. The molecule has 0 saturated carbocycles. The van der Waals surface area contributed by atoms with Crippen LogP contribution in [0.2, 0.25) is 0 Å². The number of nitrogens with zero attached hydrogens (tertiary/aromatic N) is 3. The van der Waals surface area contributed by atoms with E-state index in [1.54, 1.807) is 0 Å². The van der Waals surface area contributed by atoms with Crippen molar-refractivity contribution >= 4 is 11.9 Å². The predicted molar refractivity (Wildman–Crippen MR) is 119 cm³/mol. The number of hydrogen-bond acceptors (Lipinski definition) is 3. The smallest absolute Gasteiger partial charge is 0.223 e. The minimum absolute atomic E-state index is 0.128. The summed E-state index contributed by atoms with van der Waals surface area (Å²) in [5.74, 6) is 0.569. The molecule has 31 heavy (non-hydrogen) atoms. The number of guanidine groups is 1. The summed E-state index contributed by atoms with van der Waals surface area (Å²) in [5.41, 5.74) is 2.01. The highest BCUT2D eigenvalue weighted by atomic mass is 19.1. The van der Waals surface area contributed by atoms with Crippen molar-refractivity contribution in [2.45, 2.75) is 26.3 Å². The minimum Gasteiger partial charge on any atom is -0.357 e. The van der Waals surface area contributed by atoms with Crippen LogP contribution in [0.1, 0.15) is 30.0 Å². The highest BCUT2D eigenvalue weighted by Gasteiger charge is 2.29. The monoisotopic (exact) mass is 421 g/mol. The molecule has 0 aromatic heterocycles. The van der Waals surface area contributed by atoms with Gasteiger partial charge in [-0.2, -0.15) is 5.26 Å². The largest absolute Gasteiger partial charge is 0.357 e.